The van der Waals surface area contributed by atoms with E-state index >= 15 is 0 Å². The van der Waals surface area contributed by atoms with Gasteiger partial charge in [-0.05, 0) is 51.8 Å². The van der Waals surface area contributed by atoms with Crippen LogP contribution in [-0.2, 0) is 0 Å². The number of carbonyl (C=O) groups is 1. The van der Waals surface area contributed by atoms with Gasteiger partial charge in [-0.25, -0.2) is 4.79 Å². The van der Waals surface area contributed by atoms with Crippen molar-refractivity contribution in [1.82, 2.24) is 0 Å². The zero-order valence-corrected chi connectivity index (χ0v) is 11.2. The Kier molecular flexibility index (Phi) is 3.83. The highest BCUT2D eigenvalue weighted by molar-refractivity contribution is 9.10. The second-order valence-electron chi connectivity index (χ2n) is 3.69. The summed E-state index contributed by atoms with van der Waals surface area (Å²) in [4.78, 5) is 10.7. The predicted octanol–water partition coefficient (Wildman–Crippen LogP) is 3.80. The number of nitriles is 1. The Bertz CT molecular complexity index is 677. The van der Waals surface area contributed by atoms with E-state index in [2.05, 4.69) is 22.0 Å². The first-order chi connectivity index (χ1) is 9.10. The molecule has 0 saturated heterocycles. The van der Waals surface area contributed by atoms with Gasteiger partial charge in [0.1, 0.15) is 5.76 Å². The van der Waals surface area contributed by atoms with Crippen molar-refractivity contribution in [3.63, 3.8) is 0 Å². The maximum atomic E-state index is 10.7. The number of furan rings is 1. The molecule has 0 aliphatic rings. The minimum absolute atomic E-state index is 0.182. The first-order valence-corrected chi connectivity index (χ1v) is 6.10. The smallest absolute Gasteiger partial charge is 0.335 e. The van der Waals surface area contributed by atoms with E-state index in [1.807, 2.05) is 0 Å². The summed E-state index contributed by atoms with van der Waals surface area (Å²) >= 11 is 3.18. The molecule has 4 nitrogen and oxygen atoms in total. The summed E-state index contributed by atoms with van der Waals surface area (Å²) in [6, 6.07) is 11.6. The van der Waals surface area contributed by atoms with Crippen LogP contribution in [0.1, 0.15) is 21.7 Å². The number of rotatable bonds is 3. The first kappa shape index (κ1) is 13.1. The van der Waals surface area contributed by atoms with Gasteiger partial charge in [-0.1, -0.05) is 12.1 Å². The molecule has 0 saturated carbocycles. The Morgan fingerprint density at radius 2 is 1.84 bits per heavy atom. The maximum absolute atomic E-state index is 10.7. The van der Waals surface area contributed by atoms with Crippen molar-refractivity contribution in [2.45, 2.75) is 0 Å². The topological polar surface area (TPSA) is 74.2 Å². The number of carboxylic acids is 1. The SMILES string of the molecule is N#CC(=Cc1ccc(Br)o1)c1ccc(C(=O)O)cc1. The fourth-order valence-corrected chi connectivity index (χ4v) is 1.84. The zero-order valence-electron chi connectivity index (χ0n) is 9.63. The van der Waals surface area contributed by atoms with Crippen LogP contribution in [-0.4, -0.2) is 11.1 Å². The fourth-order valence-electron chi connectivity index (χ4n) is 1.52. The van der Waals surface area contributed by atoms with E-state index < -0.39 is 5.97 Å². The largest absolute Gasteiger partial charge is 0.478 e. The van der Waals surface area contributed by atoms with Crippen LogP contribution in [0.2, 0.25) is 0 Å². The quantitative estimate of drug-likeness (QED) is 0.873. The lowest BCUT2D eigenvalue weighted by atomic mass is 10.0. The lowest BCUT2D eigenvalue weighted by Gasteiger charge is -1.99. The summed E-state index contributed by atoms with van der Waals surface area (Å²) in [5, 5.41) is 17.9. The van der Waals surface area contributed by atoms with Crippen molar-refractivity contribution in [1.29, 1.82) is 5.26 Å². The highest BCUT2D eigenvalue weighted by Crippen LogP contribution is 2.21. The van der Waals surface area contributed by atoms with Gasteiger partial charge in [0.25, 0.3) is 0 Å². The molecule has 5 heteroatoms. The normalized spacial score (nSPS) is 11.1. The Balaban J connectivity index is 2.35. The van der Waals surface area contributed by atoms with Crippen LogP contribution in [0.25, 0.3) is 11.6 Å². The van der Waals surface area contributed by atoms with Crippen LogP contribution in [0.5, 0.6) is 0 Å². The lowest BCUT2D eigenvalue weighted by molar-refractivity contribution is 0.0697. The van der Waals surface area contributed by atoms with Gasteiger partial charge in [0, 0.05) is 0 Å². The van der Waals surface area contributed by atoms with E-state index in [9.17, 15) is 4.79 Å². The molecule has 0 radical (unpaired) electrons. The zero-order chi connectivity index (χ0) is 13.8. The molecule has 0 aliphatic heterocycles. The minimum atomic E-state index is -0.996. The van der Waals surface area contributed by atoms with Crippen LogP contribution in [0.4, 0.5) is 0 Å². The third-order valence-corrected chi connectivity index (χ3v) is 2.87. The van der Waals surface area contributed by atoms with E-state index in [0.29, 0.717) is 21.6 Å². The van der Waals surface area contributed by atoms with Crippen molar-refractivity contribution in [2.24, 2.45) is 0 Å². The summed E-state index contributed by atoms with van der Waals surface area (Å²) in [5.41, 5.74) is 1.22. The summed E-state index contributed by atoms with van der Waals surface area (Å²) in [6.45, 7) is 0. The van der Waals surface area contributed by atoms with Crippen LogP contribution in [0.15, 0.2) is 45.5 Å². The van der Waals surface area contributed by atoms with Gasteiger partial charge in [-0.3, -0.25) is 0 Å². The van der Waals surface area contributed by atoms with Gasteiger partial charge >= 0.3 is 5.97 Å². The highest BCUT2D eigenvalue weighted by atomic mass is 79.9. The molecule has 0 aliphatic carbocycles. The average molecular weight is 318 g/mol. The second-order valence-corrected chi connectivity index (χ2v) is 4.48. The summed E-state index contributed by atoms with van der Waals surface area (Å²) in [7, 11) is 0. The van der Waals surface area contributed by atoms with Gasteiger partial charge in [0.05, 0.1) is 17.2 Å². The van der Waals surface area contributed by atoms with E-state index in [1.165, 1.54) is 12.1 Å². The molecule has 19 heavy (non-hydrogen) atoms. The number of nitrogens with zero attached hydrogens (tertiary/aromatic N) is 1. The molecule has 1 aromatic heterocycles. The standard InChI is InChI=1S/C14H8BrNO3/c15-13-6-5-12(19-13)7-11(8-16)9-1-3-10(4-2-9)14(17)18/h1-7H,(H,17,18). The van der Waals surface area contributed by atoms with Crippen molar-refractivity contribution < 1.29 is 14.3 Å². The Labute approximate surface area is 117 Å². The van der Waals surface area contributed by atoms with Gasteiger partial charge in [0.15, 0.2) is 4.67 Å². The number of allylic oxidation sites excluding steroid dienone is 1. The maximum Gasteiger partial charge on any atom is 0.335 e. The molecule has 1 heterocycles. The van der Waals surface area contributed by atoms with E-state index in [-0.39, 0.29) is 5.56 Å². The number of carboxylic acid groups (broad SMARTS) is 1. The molecular weight excluding hydrogens is 310 g/mol. The molecule has 1 aromatic carbocycles. The summed E-state index contributed by atoms with van der Waals surface area (Å²) in [5.74, 6) is -0.449. The third kappa shape index (κ3) is 3.12. The van der Waals surface area contributed by atoms with Gasteiger partial charge < -0.3 is 9.52 Å². The van der Waals surface area contributed by atoms with Crippen molar-refractivity contribution in [3.8, 4) is 6.07 Å². The highest BCUT2D eigenvalue weighted by Gasteiger charge is 2.06. The van der Waals surface area contributed by atoms with Crippen molar-refractivity contribution in [2.75, 3.05) is 0 Å². The average Bonchev–Trinajstić information content (AvgIpc) is 2.81. The van der Waals surface area contributed by atoms with Crippen LogP contribution in [0.3, 0.4) is 0 Å². The molecule has 1 N–H and O–H groups in total. The fraction of sp³-hybridized carbons (Fsp3) is 0. The molecule has 2 rings (SSSR count). The molecule has 0 atom stereocenters. The van der Waals surface area contributed by atoms with Crippen LogP contribution in [0, 0.1) is 11.3 Å². The number of benzene rings is 1. The number of hydrogen-bond donors (Lipinski definition) is 1. The van der Waals surface area contributed by atoms with Gasteiger partial charge in [-0.2, -0.15) is 5.26 Å². The van der Waals surface area contributed by atoms with Crippen molar-refractivity contribution >= 4 is 33.5 Å². The van der Waals surface area contributed by atoms with Crippen LogP contribution >= 0.6 is 15.9 Å². The van der Waals surface area contributed by atoms with E-state index in [4.69, 9.17) is 14.8 Å². The monoisotopic (exact) mass is 317 g/mol. The summed E-state index contributed by atoms with van der Waals surface area (Å²) in [6.07, 6.45) is 1.60. The molecular formula is C14H8BrNO3. The number of halogens is 1. The predicted molar refractivity (Wildman–Crippen MR) is 73.3 cm³/mol. The minimum Gasteiger partial charge on any atom is -0.478 e. The summed E-state index contributed by atoms with van der Waals surface area (Å²) < 4.78 is 5.88. The molecule has 0 spiro atoms. The van der Waals surface area contributed by atoms with Gasteiger partial charge in [0.2, 0.25) is 0 Å². The van der Waals surface area contributed by atoms with E-state index in [0.717, 1.165) is 0 Å². The van der Waals surface area contributed by atoms with Gasteiger partial charge in [-0.15, -0.1) is 0 Å². The Morgan fingerprint density at radius 3 is 2.32 bits per heavy atom. The molecule has 94 valence electrons. The number of hydrogen-bond acceptors (Lipinski definition) is 3. The van der Waals surface area contributed by atoms with Crippen LogP contribution < -0.4 is 0 Å². The number of aromatic carboxylic acids is 1. The van der Waals surface area contributed by atoms with E-state index in [1.54, 1.807) is 30.3 Å². The second kappa shape index (κ2) is 5.55. The third-order valence-electron chi connectivity index (χ3n) is 2.44. The lowest BCUT2D eigenvalue weighted by Crippen LogP contribution is -1.95. The Hall–Kier alpha value is -2.32. The molecule has 0 bridgehead atoms. The molecule has 0 fully saturated rings. The molecule has 0 unspecified atom stereocenters. The van der Waals surface area contributed by atoms with Crippen molar-refractivity contribution in [3.05, 3.63) is 58.0 Å². The molecule has 0 amide bonds. The molecule has 2 aromatic rings. The Morgan fingerprint density at radius 1 is 1.21 bits per heavy atom. The first-order valence-electron chi connectivity index (χ1n) is 5.31.